The van der Waals surface area contributed by atoms with Gasteiger partial charge in [-0.1, -0.05) is 146 Å². The largest absolute Gasteiger partial charge is 0.309 e. The molecule has 15 rings (SSSR count). The number of hydrogen-bond acceptors (Lipinski definition) is 3. The van der Waals surface area contributed by atoms with Crippen LogP contribution in [0.2, 0.25) is 0 Å². The monoisotopic (exact) mass is 808 g/mol. The molecular weight excluding hydrogens is 765 g/mol. The average Bonchev–Trinajstić information content (AvgIpc) is 3.83. The van der Waals surface area contributed by atoms with Crippen molar-refractivity contribution in [1.29, 1.82) is 0 Å². The minimum atomic E-state index is 0.0289. The fraction of sp³-hybridized carbons (Fsp3) is 0.169. The Kier molecular flexibility index (Phi) is 7.54. The summed E-state index contributed by atoms with van der Waals surface area (Å²) in [5.41, 5.74) is 14.9. The minimum absolute atomic E-state index is 0.0289. The van der Waals surface area contributed by atoms with Gasteiger partial charge >= 0.3 is 0 Å². The Morgan fingerprint density at radius 3 is 1.68 bits per heavy atom. The highest BCUT2D eigenvalue weighted by Gasteiger charge is 2.61. The molecule has 4 nitrogen and oxygen atoms in total. The Hall–Kier alpha value is -7.17. The molecule has 2 heterocycles. The molecule has 0 unspecified atom stereocenters. The molecule has 0 radical (unpaired) electrons. The van der Waals surface area contributed by atoms with E-state index in [9.17, 15) is 0 Å². The summed E-state index contributed by atoms with van der Waals surface area (Å²) in [7, 11) is 0. The molecule has 4 bridgehead atoms. The van der Waals surface area contributed by atoms with Crippen molar-refractivity contribution in [2.45, 2.75) is 37.5 Å². The maximum atomic E-state index is 5.35. The summed E-state index contributed by atoms with van der Waals surface area (Å²) < 4.78 is 2.41. The van der Waals surface area contributed by atoms with Gasteiger partial charge in [-0.05, 0) is 131 Å². The lowest BCUT2D eigenvalue weighted by atomic mass is 9.43. The van der Waals surface area contributed by atoms with E-state index in [1.54, 1.807) is 5.56 Å². The lowest BCUT2D eigenvalue weighted by molar-refractivity contribution is -0.0398. The molecule has 0 aliphatic heterocycles. The molecule has 4 saturated carbocycles. The van der Waals surface area contributed by atoms with Gasteiger partial charge in [-0.3, -0.25) is 0 Å². The van der Waals surface area contributed by atoms with Crippen molar-refractivity contribution >= 4 is 32.6 Å². The first-order chi connectivity index (χ1) is 31.2. The maximum absolute atomic E-state index is 5.35. The van der Waals surface area contributed by atoms with E-state index in [0.717, 1.165) is 45.6 Å². The Labute approximate surface area is 367 Å². The summed E-state index contributed by atoms with van der Waals surface area (Å²) in [4.78, 5) is 15.8. The predicted octanol–water partition coefficient (Wildman–Crippen LogP) is 14.5. The second-order valence-electron chi connectivity index (χ2n) is 18.8. The van der Waals surface area contributed by atoms with E-state index in [4.69, 9.17) is 15.0 Å². The van der Waals surface area contributed by atoms with E-state index in [0.29, 0.717) is 23.5 Å². The normalized spacial score (nSPS) is 21.7. The van der Waals surface area contributed by atoms with E-state index in [1.165, 1.54) is 86.9 Å². The number of benzene rings is 8. The number of nitrogens with zero attached hydrogens (tertiary/aromatic N) is 4. The van der Waals surface area contributed by atoms with Crippen LogP contribution < -0.4 is 0 Å². The zero-order valence-electron chi connectivity index (χ0n) is 35.0. The van der Waals surface area contributed by atoms with Gasteiger partial charge in [-0.2, -0.15) is 0 Å². The summed E-state index contributed by atoms with van der Waals surface area (Å²) in [6, 6.07) is 66.5. The van der Waals surface area contributed by atoms with Crippen molar-refractivity contribution in [2.75, 3.05) is 0 Å². The molecule has 0 atom stereocenters. The van der Waals surface area contributed by atoms with Crippen LogP contribution in [0.4, 0.5) is 0 Å². The summed E-state index contributed by atoms with van der Waals surface area (Å²) in [6.07, 6.45) is 6.81. The topological polar surface area (TPSA) is 43.6 Å². The van der Waals surface area contributed by atoms with Gasteiger partial charge in [0.15, 0.2) is 17.5 Å². The quantitative estimate of drug-likeness (QED) is 0.174. The predicted molar refractivity (Wildman–Crippen MR) is 257 cm³/mol. The van der Waals surface area contributed by atoms with Crippen LogP contribution in [0, 0.1) is 23.7 Å². The zero-order valence-corrected chi connectivity index (χ0v) is 35.0. The Morgan fingerprint density at radius 2 is 0.952 bits per heavy atom. The van der Waals surface area contributed by atoms with E-state index in [2.05, 4.69) is 187 Å². The third kappa shape index (κ3) is 5.18. The number of hydrogen-bond donors (Lipinski definition) is 0. The van der Waals surface area contributed by atoms with Gasteiger partial charge in [0.1, 0.15) is 0 Å². The van der Waals surface area contributed by atoms with Gasteiger partial charge in [-0.25, -0.2) is 15.0 Å². The molecule has 4 heteroatoms. The van der Waals surface area contributed by atoms with Crippen LogP contribution >= 0.6 is 0 Å². The molecule has 5 aliphatic carbocycles. The molecule has 5 aliphatic rings. The molecule has 0 amide bonds. The van der Waals surface area contributed by atoms with Crippen LogP contribution in [0.5, 0.6) is 0 Å². The second kappa shape index (κ2) is 13.4. The Bertz CT molecular complexity index is 3430. The highest BCUT2D eigenvalue weighted by molar-refractivity contribution is 6.13. The van der Waals surface area contributed by atoms with Gasteiger partial charge in [-0.15, -0.1) is 0 Å². The number of fused-ring (bicyclic) bond motifs is 7. The molecule has 0 N–H and O–H groups in total. The van der Waals surface area contributed by atoms with Crippen LogP contribution in [0.15, 0.2) is 182 Å². The molecule has 10 aromatic rings. The standard InChI is InChI=1S/C59H44N4/c1-3-12-39(13-4-1)56-60-57(40-24-22-38(23-25-40)47-19-11-20-50-49-18-9-10-21-54(49)63(55(47)50)46-16-5-2-6-17-46)62-58(61-56)43-26-27-48-51-33-41-14-7-8-15-42(41)34-53(51)59(52(48)35-43)44-29-36-28-37(31-44)32-45(59)30-36/h1-27,33-37,44-45H,28-32H2. The van der Waals surface area contributed by atoms with Gasteiger partial charge in [0, 0.05) is 44.1 Å². The Balaban J connectivity index is 0.917. The number of para-hydroxylation sites is 3. The number of rotatable bonds is 5. The molecule has 1 spiro atoms. The fourth-order valence-corrected chi connectivity index (χ4v) is 13.3. The summed E-state index contributed by atoms with van der Waals surface area (Å²) in [6.45, 7) is 0. The van der Waals surface area contributed by atoms with Crippen molar-refractivity contribution in [3.8, 4) is 62.1 Å². The molecule has 2 aromatic heterocycles. The SMILES string of the molecule is c1ccc(-c2nc(-c3ccc(-c4cccc5c6ccccc6n(-c6ccccc6)c45)cc3)nc(-c3ccc4c(c3)C3(c5cc6ccccc6cc5-4)C4CC5CC(C4)CC3C5)n2)cc1. The first-order valence-corrected chi connectivity index (χ1v) is 22.9. The van der Waals surface area contributed by atoms with Gasteiger partial charge in [0.25, 0.3) is 0 Å². The van der Waals surface area contributed by atoms with Crippen molar-refractivity contribution in [2.24, 2.45) is 23.7 Å². The van der Waals surface area contributed by atoms with Crippen LogP contribution in [0.3, 0.4) is 0 Å². The summed E-state index contributed by atoms with van der Waals surface area (Å²) >= 11 is 0. The smallest absolute Gasteiger partial charge is 0.164 e. The number of aromatic nitrogens is 4. The van der Waals surface area contributed by atoms with Crippen molar-refractivity contribution in [3.05, 3.63) is 193 Å². The van der Waals surface area contributed by atoms with E-state index >= 15 is 0 Å². The van der Waals surface area contributed by atoms with E-state index < -0.39 is 0 Å². The minimum Gasteiger partial charge on any atom is -0.309 e. The lowest BCUT2D eigenvalue weighted by Crippen LogP contribution is -2.55. The van der Waals surface area contributed by atoms with Crippen molar-refractivity contribution in [1.82, 2.24) is 19.5 Å². The van der Waals surface area contributed by atoms with Gasteiger partial charge in [0.2, 0.25) is 0 Å². The molecule has 0 saturated heterocycles. The first kappa shape index (κ1) is 35.4. The summed E-state index contributed by atoms with van der Waals surface area (Å²) in [5, 5.41) is 5.17. The average molecular weight is 809 g/mol. The van der Waals surface area contributed by atoms with Crippen LogP contribution in [0.1, 0.15) is 43.2 Å². The van der Waals surface area contributed by atoms with E-state index in [1.807, 2.05) is 0 Å². The zero-order chi connectivity index (χ0) is 41.2. The van der Waals surface area contributed by atoms with E-state index in [-0.39, 0.29) is 5.41 Å². The van der Waals surface area contributed by atoms with Crippen LogP contribution in [-0.4, -0.2) is 19.5 Å². The fourth-order valence-electron chi connectivity index (χ4n) is 13.3. The molecular formula is C59H44N4. The van der Waals surface area contributed by atoms with Crippen LogP contribution in [-0.2, 0) is 5.41 Å². The molecule has 4 fully saturated rings. The maximum Gasteiger partial charge on any atom is 0.164 e. The highest BCUT2D eigenvalue weighted by atomic mass is 15.0. The van der Waals surface area contributed by atoms with Gasteiger partial charge < -0.3 is 4.57 Å². The molecule has 300 valence electrons. The van der Waals surface area contributed by atoms with Gasteiger partial charge in [0.05, 0.1) is 11.0 Å². The first-order valence-electron chi connectivity index (χ1n) is 22.9. The summed E-state index contributed by atoms with van der Waals surface area (Å²) in [5.74, 6) is 5.18. The lowest BCUT2D eigenvalue weighted by Gasteiger charge is -2.61. The highest BCUT2D eigenvalue weighted by Crippen LogP contribution is 2.69. The molecule has 63 heavy (non-hydrogen) atoms. The van der Waals surface area contributed by atoms with Crippen molar-refractivity contribution in [3.63, 3.8) is 0 Å². The third-order valence-electron chi connectivity index (χ3n) is 15.6. The molecule has 8 aromatic carbocycles. The Morgan fingerprint density at radius 1 is 0.397 bits per heavy atom. The van der Waals surface area contributed by atoms with Crippen molar-refractivity contribution < 1.29 is 0 Å². The second-order valence-corrected chi connectivity index (χ2v) is 18.8. The third-order valence-corrected chi connectivity index (χ3v) is 15.6. The van der Waals surface area contributed by atoms with Crippen LogP contribution in [0.25, 0.3) is 94.7 Å².